The Bertz CT molecular complexity index is 507. The topological polar surface area (TPSA) is 105 Å². The SMILES string of the molecule is CC(C)N1C(=O)C[C@@H](NC(=O)CNC(=O)OCC(F)(F)F)C1=O. The van der Waals surface area contributed by atoms with Gasteiger partial charge in [0.25, 0.3) is 5.91 Å². The molecule has 1 rings (SSSR count). The van der Waals surface area contributed by atoms with Crippen molar-refractivity contribution in [3.63, 3.8) is 0 Å². The molecule has 2 N–H and O–H groups in total. The third-order valence-electron chi connectivity index (χ3n) is 2.79. The fourth-order valence-corrected chi connectivity index (χ4v) is 1.90. The molecule has 1 aliphatic heterocycles. The molecule has 0 bridgehead atoms. The van der Waals surface area contributed by atoms with E-state index in [0.717, 1.165) is 4.90 Å². The number of carbonyl (C=O) groups is 4. The number of nitrogens with zero attached hydrogens (tertiary/aromatic N) is 1. The second kappa shape index (κ2) is 7.29. The summed E-state index contributed by atoms with van der Waals surface area (Å²) in [4.78, 5) is 47.0. The number of ether oxygens (including phenoxy) is 1. The number of carbonyl (C=O) groups excluding carboxylic acids is 4. The summed E-state index contributed by atoms with van der Waals surface area (Å²) in [7, 11) is 0. The Balaban J connectivity index is 2.39. The van der Waals surface area contributed by atoms with E-state index in [9.17, 15) is 32.3 Å². The standard InChI is InChI=1S/C12H16F3N3O5/c1-6(2)18-9(20)3-7(10(18)21)17-8(19)4-16-11(22)23-5-12(13,14)15/h6-7H,3-5H2,1-2H3,(H,16,22)(H,17,19)/t7-/m1/s1. The average molecular weight is 339 g/mol. The van der Waals surface area contributed by atoms with Crippen LogP contribution >= 0.6 is 0 Å². The smallest absolute Gasteiger partial charge is 0.422 e. The van der Waals surface area contributed by atoms with Crippen molar-refractivity contribution in [2.45, 2.75) is 38.5 Å². The summed E-state index contributed by atoms with van der Waals surface area (Å²) in [5, 5.41) is 4.03. The molecule has 0 aromatic heterocycles. The van der Waals surface area contributed by atoms with Gasteiger partial charge in [0.1, 0.15) is 12.6 Å². The zero-order valence-electron chi connectivity index (χ0n) is 12.4. The van der Waals surface area contributed by atoms with E-state index in [1.54, 1.807) is 19.2 Å². The van der Waals surface area contributed by atoms with Gasteiger partial charge in [0.05, 0.1) is 6.42 Å². The maximum atomic E-state index is 11.9. The highest BCUT2D eigenvalue weighted by Crippen LogP contribution is 2.16. The van der Waals surface area contributed by atoms with Gasteiger partial charge in [-0.3, -0.25) is 19.3 Å². The van der Waals surface area contributed by atoms with Crippen molar-refractivity contribution >= 4 is 23.8 Å². The zero-order valence-corrected chi connectivity index (χ0v) is 12.4. The quantitative estimate of drug-likeness (QED) is 0.682. The molecule has 23 heavy (non-hydrogen) atoms. The molecule has 1 aliphatic rings. The van der Waals surface area contributed by atoms with E-state index < -0.39 is 49.2 Å². The van der Waals surface area contributed by atoms with Crippen LogP contribution in [0.1, 0.15) is 20.3 Å². The van der Waals surface area contributed by atoms with Gasteiger partial charge in [-0.15, -0.1) is 0 Å². The van der Waals surface area contributed by atoms with Crippen LogP contribution < -0.4 is 10.6 Å². The predicted octanol–water partition coefficient (Wildman–Crippen LogP) is -0.0730. The lowest BCUT2D eigenvalue weighted by atomic mass is 10.2. The van der Waals surface area contributed by atoms with Crippen LogP contribution in [0.3, 0.4) is 0 Å². The van der Waals surface area contributed by atoms with Crippen molar-refractivity contribution in [2.75, 3.05) is 13.2 Å². The number of amides is 4. The van der Waals surface area contributed by atoms with E-state index in [2.05, 4.69) is 10.1 Å². The van der Waals surface area contributed by atoms with Gasteiger partial charge in [-0.05, 0) is 13.8 Å². The molecular weight excluding hydrogens is 323 g/mol. The van der Waals surface area contributed by atoms with E-state index in [0.29, 0.717) is 0 Å². The minimum absolute atomic E-state index is 0.207. The number of alkyl carbamates (subject to hydrolysis) is 1. The van der Waals surface area contributed by atoms with Crippen LogP contribution in [-0.4, -0.2) is 60.1 Å². The summed E-state index contributed by atoms with van der Waals surface area (Å²) in [5.41, 5.74) is 0. The van der Waals surface area contributed by atoms with Crippen LogP contribution in [0.2, 0.25) is 0 Å². The number of nitrogens with one attached hydrogen (secondary N) is 2. The average Bonchev–Trinajstić information content (AvgIpc) is 2.68. The molecule has 1 saturated heterocycles. The van der Waals surface area contributed by atoms with Crippen molar-refractivity contribution in [3.05, 3.63) is 0 Å². The lowest BCUT2D eigenvalue weighted by molar-refractivity contribution is -0.160. The maximum absolute atomic E-state index is 11.9. The van der Waals surface area contributed by atoms with Gasteiger partial charge in [0.15, 0.2) is 6.61 Å². The normalized spacial score (nSPS) is 18.3. The van der Waals surface area contributed by atoms with Crippen LogP contribution in [-0.2, 0) is 19.1 Å². The molecule has 1 heterocycles. The molecule has 0 aromatic carbocycles. The largest absolute Gasteiger partial charge is 0.440 e. The molecule has 4 amide bonds. The number of halogens is 3. The van der Waals surface area contributed by atoms with E-state index in [1.807, 2.05) is 0 Å². The lowest BCUT2D eigenvalue weighted by Gasteiger charge is -2.19. The molecule has 8 nitrogen and oxygen atoms in total. The van der Waals surface area contributed by atoms with Crippen LogP contribution in [0.4, 0.5) is 18.0 Å². The minimum atomic E-state index is -4.67. The predicted molar refractivity (Wildman–Crippen MR) is 68.9 cm³/mol. The highest BCUT2D eigenvalue weighted by molar-refractivity contribution is 6.07. The summed E-state index contributed by atoms with van der Waals surface area (Å²) < 4.78 is 39.3. The van der Waals surface area contributed by atoms with Crippen LogP contribution in [0.15, 0.2) is 0 Å². The van der Waals surface area contributed by atoms with Gasteiger partial charge in [-0.1, -0.05) is 0 Å². The summed E-state index contributed by atoms with van der Waals surface area (Å²) in [6.07, 6.45) is -6.30. The maximum Gasteiger partial charge on any atom is 0.422 e. The summed E-state index contributed by atoms with van der Waals surface area (Å²) in [6.45, 7) is 0.812. The number of likely N-dealkylation sites (tertiary alicyclic amines) is 1. The highest BCUT2D eigenvalue weighted by Gasteiger charge is 2.40. The van der Waals surface area contributed by atoms with Gasteiger partial charge in [-0.25, -0.2) is 4.79 Å². The molecule has 130 valence electrons. The molecule has 0 aromatic rings. The second-order valence-electron chi connectivity index (χ2n) is 5.06. The summed E-state index contributed by atoms with van der Waals surface area (Å²) in [5.74, 6) is -1.84. The third-order valence-corrected chi connectivity index (χ3v) is 2.79. The van der Waals surface area contributed by atoms with Crippen molar-refractivity contribution in [2.24, 2.45) is 0 Å². The van der Waals surface area contributed by atoms with Crippen molar-refractivity contribution in [3.8, 4) is 0 Å². The van der Waals surface area contributed by atoms with Gasteiger partial charge < -0.3 is 15.4 Å². The Morgan fingerprint density at radius 1 is 1.35 bits per heavy atom. The van der Waals surface area contributed by atoms with Gasteiger partial charge >= 0.3 is 12.3 Å². The molecule has 1 fully saturated rings. The van der Waals surface area contributed by atoms with Crippen molar-refractivity contribution in [1.82, 2.24) is 15.5 Å². The molecule has 1 atom stereocenters. The summed E-state index contributed by atoms with van der Waals surface area (Å²) in [6, 6.07) is -1.40. The fourth-order valence-electron chi connectivity index (χ4n) is 1.90. The van der Waals surface area contributed by atoms with Crippen LogP contribution in [0.25, 0.3) is 0 Å². The monoisotopic (exact) mass is 339 g/mol. The number of alkyl halides is 3. The fraction of sp³-hybridized carbons (Fsp3) is 0.667. The first-order valence-corrected chi connectivity index (χ1v) is 6.64. The first-order valence-electron chi connectivity index (χ1n) is 6.64. The number of imide groups is 1. The Labute approximate surface area is 129 Å². The van der Waals surface area contributed by atoms with Gasteiger partial charge in [-0.2, -0.15) is 13.2 Å². The van der Waals surface area contributed by atoms with Gasteiger partial charge in [0, 0.05) is 6.04 Å². The van der Waals surface area contributed by atoms with E-state index in [-0.39, 0.29) is 12.5 Å². The molecule has 0 saturated carbocycles. The van der Waals surface area contributed by atoms with E-state index in [1.165, 1.54) is 0 Å². The number of hydrogen-bond donors (Lipinski definition) is 2. The highest BCUT2D eigenvalue weighted by atomic mass is 19.4. The molecule has 0 spiro atoms. The first kappa shape index (κ1) is 18.7. The van der Waals surface area contributed by atoms with Gasteiger partial charge in [0.2, 0.25) is 11.8 Å². The Morgan fingerprint density at radius 3 is 2.43 bits per heavy atom. The Kier molecular flexibility index (Phi) is 5.93. The first-order chi connectivity index (χ1) is 10.5. The van der Waals surface area contributed by atoms with Crippen LogP contribution in [0, 0.1) is 0 Å². The van der Waals surface area contributed by atoms with E-state index in [4.69, 9.17) is 0 Å². The van der Waals surface area contributed by atoms with E-state index >= 15 is 0 Å². The Hall–Kier alpha value is -2.33. The number of rotatable bonds is 5. The molecular formula is C12H16F3N3O5. The van der Waals surface area contributed by atoms with Crippen molar-refractivity contribution < 1.29 is 37.1 Å². The minimum Gasteiger partial charge on any atom is -0.440 e. The summed E-state index contributed by atoms with van der Waals surface area (Å²) >= 11 is 0. The number of hydrogen-bond acceptors (Lipinski definition) is 5. The molecule has 0 radical (unpaired) electrons. The Morgan fingerprint density at radius 2 is 1.96 bits per heavy atom. The molecule has 0 unspecified atom stereocenters. The van der Waals surface area contributed by atoms with Crippen LogP contribution in [0.5, 0.6) is 0 Å². The third kappa shape index (κ3) is 5.75. The molecule has 11 heteroatoms. The molecule has 0 aliphatic carbocycles. The lowest BCUT2D eigenvalue weighted by Crippen LogP contribution is -2.47. The second-order valence-corrected chi connectivity index (χ2v) is 5.06. The zero-order chi connectivity index (χ0) is 17.8. The van der Waals surface area contributed by atoms with Crippen molar-refractivity contribution in [1.29, 1.82) is 0 Å².